The van der Waals surface area contributed by atoms with E-state index in [0.717, 1.165) is 17.1 Å². The molecule has 0 aliphatic heterocycles. The van der Waals surface area contributed by atoms with Crippen molar-refractivity contribution in [3.63, 3.8) is 0 Å². The van der Waals surface area contributed by atoms with E-state index in [1.54, 1.807) is 0 Å². The second kappa shape index (κ2) is 8.32. The predicted molar refractivity (Wildman–Crippen MR) is 85.7 cm³/mol. The maximum Gasteiger partial charge on any atom is 0.330 e. The predicted octanol–water partition coefficient (Wildman–Crippen LogP) is 3.18. The minimum absolute atomic E-state index is 0.368. The van der Waals surface area contributed by atoms with Gasteiger partial charge in [-0.2, -0.15) is 11.8 Å². The van der Waals surface area contributed by atoms with Crippen LogP contribution in [0.2, 0.25) is 0 Å². The molecule has 1 aromatic carbocycles. The van der Waals surface area contributed by atoms with Crippen LogP contribution in [0.4, 0.5) is 0 Å². The Morgan fingerprint density at radius 3 is 2.60 bits per heavy atom. The standard InChI is InChI=1S/C16H25NO2S/c1-4-13(2)12-20-11-10-16(17,15(18)19-3)14-8-6-5-7-9-14/h5-9,13H,4,10-12,17H2,1-3H3. The summed E-state index contributed by atoms with van der Waals surface area (Å²) in [6.07, 6.45) is 1.77. The molecule has 0 aromatic heterocycles. The summed E-state index contributed by atoms with van der Waals surface area (Å²) < 4.78 is 4.90. The number of carbonyl (C=O) groups excluding carboxylic acids is 1. The lowest BCUT2D eigenvalue weighted by molar-refractivity contribution is -0.147. The van der Waals surface area contributed by atoms with Crippen molar-refractivity contribution >= 4 is 17.7 Å². The molecule has 1 rings (SSSR count). The summed E-state index contributed by atoms with van der Waals surface area (Å²) in [6, 6.07) is 9.48. The molecule has 2 atom stereocenters. The Balaban J connectivity index is 2.68. The SMILES string of the molecule is CCC(C)CSCCC(N)(C(=O)OC)c1ccccc1. The normalized spacial score (nSPS) is 15.4. The Labute approximate surface area is 126 Å². The van der Waals surface area contributed by atoms with Crippen molar-refractivity contribution < 1.29 is 9.53 Å². The van der Waals surface area contributed by atoms with Crippen LogP contribution in [0, 0.1) is 5.92 Å². The third-order valence-corrected chi connectivity index (χ3v) is 4.88. The van der Waals surface area contributed by atoms with Gasteiger partial charge in [0, 0.05) is 0 Å². The van der Waals surface area contributed by atoms with Crippen molar-refractivity contribution in [1.29, 1.82) is 0 Å². The number of nitrogens with two attached hydrogens (primary N) is 1. The van der Waals surface area contributed by atoms with E-state index in [4.69, 9.17) is 10.5 Å². The van der Waals surface area contributed by atoms with Gasteiger partial charge in [-0.05, 0) is 29.4 Å². The Kier molecular flexibility index (Phi) is 7.10. The number of hydrogen-bond acceptors (Lipinski definition) is 4. The summed E-state index contributed by atoms with van der Waals surface area (Å²) in [5.41, 5.74) is 6.11. The van der Waals surface area contributed by atoms with Gasteiger partial charge in [0.05, 0.1) is 7.11 Å². The largest absolute Gasteiger partial charge is 0.467 e. The van der Waals surface area contributed by atoms with Gasteiger partial charge in [0.15, 0.2) is 0 Å². The van der Waals surface area contributed by atoms with Crippen molar-refractivity contribution in [2.24, 2.45) is 11.7 Å². The van der Waals surface area contributed by atoms with Crippen LogP contribution in [0.25, 0.3) is 0 Å². The van der Waals surface area contributed by atoms with E-state index < -0.39 is 5.54 Å². The van der Waals surface area contributed by atoms with E-state index in [1.807, 2.05) is 42.1 Å². The van der Waals surface area contributed by atoms with E-state index in [9.17, 15) is 4.79 Å². The number of methoxy groups -OCH3 is 1. The van der Waals surface area contributed by atoms with E-state index >= 15 is 0 Å². The maximum atomic E-state index is 12.1. The zero-order chi connectivity index (χ0) is 15.0. The fourth-order valence-electron chi connectivity index (χ4n) is 1.92. The first-order valence-corrected chi connectivity index (χ1v) is 8.20. The molecule has 20 heavy (non-hydrogen) atoms. The Bertz CT molecular complexity index is 410. The van der Waals surface area contributed by atoms with Crippen LogP contribution in [0.15, 0.2) is 30.3 Å². The number of carbonyl (C=O) groups is 1. The number of ether oxygens (including phenoxy) is 1. The van der Waals surface area contributed by atoms with Crippen LogP contribution in [-0.2, 0) is 15.1 Å². The van der Waals surface area contributed by atoms with Gasteiger partial charge < -0.3 is 10.5 Å². The van der Waals surface area contributed by atoms with Gasteiger partial charge in [0.1, 0.15) is 5.54 Å². The monoisotopic (exact) mass is 295 g/mol. The summed E-state index contributed by atoms with van der Waals surface area (Å²) in [6.45, 7) is 4.43. The van der Waals surface area contributed by atoms with Crippen molar-refractivity contribution in [2.45, 2.75) is 32.2 Å². The van der Waals surface area contributed by atoms with Gasteiger partial charge >= 0.3 is 5.97 Å². The van der Waals surface area contributed by atoms with Crippen LogP contribution in [0.5, 0.6) is 0 Å². The van der Waals surface area contributed by atoms with Crippen molar-refractivity contribution in [3.8, 4) is 0 Å². The molecule has 2 N–H and O–H groups in total. The average molecular weight is 295 g/mol. The number of thioether (sulfide) groups is 1. The summed E-state index contributed by atoms with van der Waals surface area (Å²) >= 11 is 1.85. The number of benzene rings is 1. The Hall–Kier alpha value is -1.00. The van der Waals surface area contributed by atoms with Gasteiger partial charge in [0.2, 0.25) is 0 Å². The summed E-state index contributed by atoms with van der Waals surface area (Å²) in [4.78, 5) is 12.1. The molecule has 0 amide bonds. The molecule has 3 nitrogen and oxygen atoms in total. The third kappa shape index (κ3) is 4.53. The third-order valence-electron chi connectivity index (χ3n) is 3.58. The summed E-state index contributed by atoms with van der Waals surface area (Å²) in [7, 11) is 1.39. The van der Waals surface area contributed by atoms with Gasteiger partial charge in [-0.15, -0.1) is 0 Å². The van der Waals surface area contributed by atoms with Gasteiger partial charge in [-0.3, -0.25) is 0 Å². The lowest BCUT2D eigenvalue weighted by Crippen LogP contribution is -2.46. The molecule has 0 fully saturated rings. The zero-order valence-corrected chi connectivity index (χ0v) is 13.4. The lowest BCUT2D eigenvalue weighted by atomic mass is 9.88. The number of esters is 1. The molecule has 0 saturated heterocycles. The fraction of sp³-hybridized carbons (Fsp3) is 0.562. The van der Waals surface area contributed by atoms with Crippen LogP contribution in [0.3, 0.4) is 0 Å². The first-order valence-electron chi connectivity index (χ1n) is 7.05. The molecule has 0 bridgehead atoms. The highest BCUT2D eigenvalue weighted by molar-refractivity contribution is 7.99. The Morgan fingerprint density at radius 1 is 1.40 bits per heavy atom. The molecule has 0 radical (unpaired) electrons. The molecular formula is C16H25NO2S. The molecule has 0 aliphatic rings. The summed E-state index contributed by atoms with van der Waals surface area (Å²) in [5, 5.41) is 0. The highest BCUT2D eigenvalue weighted by Crippen LogP contribution is 2.26. The Morgan fingerprint density at radius 2 is 2.05 bits per heavy atom. The molecule has 0 spiro atoms. The summed E-state index contributed by atoms with van der Waals surface area (Å²) in [5.74, 6) is 2.28. The molecule has 0 aliphatic carbocycles. The first kappa shape index (κ1) is 17.1. The maximum absolute atomic E-state index is 12.1. The highest BCUT2D eigenvalue weighted by Gasteiger charge is 2.36. The molecule has 0 heterocycles. The van der Waals surface area contributed by atoms with E-state index in [2.05, 4.69) is 13.8 Å². The van der Waals surface area contributed by atoms with Crippen LogP contribution >= 0.6 is 11.8 Å². The average Bonchev–Trinajstić information content (AvgIpc) is 2.50. The quantitative estimate of drug-likeness (QED) is 0.591. The first-order chi connectivity index (χ1) is 9.54. The highest BCUT2D eigenvalue weighted by atomic mass is 32.2. The molecule has 4 heteroatoms. The molecule has 112 valence electrons. The van der Waals surface area contributed by atoms with E-state index in [1.165, 1.54) is 13.5 Å². The van der Waals surface area contributed by atoms with Crippen LogP contribution < -0.4 is 5.73 Å². The fourth-order valence-corrected chi connectivity index (χ4v) is 3.19. The topological polar surface area (TPSA) is 52.3 Å². The molecular weight excluding hydrogens is 270 g/mol. The zero-order valence-electron chi connectivity index (χ0n) is 12.6. The van der Waals surface area contributed by atoms with E-state index in [-0.39, 0.29) is 5.97 Å². The van der Waals surface area contributed by atoms with Crippen molar-refractivity contribution in [2.75, 3.05) is 18.6 Å². The smallest absolute Gasteiger partial charge is 0.330 e. The molecule has 2 unspecified atom stereocenters. The van der Waals surface area contributed by atoms with Crippen molar-refractivity contribution in [1.82, 2.24) is 0 Å². The minimum atomic E-state index is -1.04. The van der Waals surface area contributed by atoms with Gasteiger partial charge in [0.25, 0.3) is 0 Å². The number of hydrogen-bond donors (Lipinski definition) is 1. The number of rotatable bonds is 8. The minimum Gasteiger partial charge on any atom is -0.467 e. The van der Waals surface area contributed by atoms with Crippen molar-refractivity contribution in [3.05, 3.63) is 35.9 Å². The molecule has 0 saturated carbocycles. The van der Waals surface area contributed by atoms with Gasteiger partial charge in [-0.1, -0.05) is 50.6 Å². The molecule has 1 aromatic rings. The van der Waals surface area contributed by atoms with Crippen LogP contribution in [0.1, 0.15) is 32.3 Å². The van der Waals surface area contributed by atoms with Crippen LogP contribution in [-0.4, -0.2) is 24.6 Å². The van der Waals surface area contributed by atoms with Gasteiger partial charge in [-0.25, -0.2) is 4.79 Å². The lowest BCUT2D eigenvalue weighted by Gasteiger charge is -2.27. The second-order valence-electron chi connectivity index (χ2n) is 5.17. The van der Waals surface area contributed by atoms with E-state index in [0.29, 0.717) is 12.3 Å². The second-order valence-corrected chi connectivity index (χ2v) is 6.32.